The van der Waals surface area contributed by atoms with Gasteiger partial charge in [0, 0.05) is 11.8 Å². The summed E-state index contributed by atoms with van der Waals surface area (Å²) in [7, 11) is 0. The first-order valence-corrected chi connectivity index (χ1v) is 7.96. The molecule has 8 heteroatoms. The summed E-state index contributed by atoms with van der Waals surface area (Å²) < 4.78 is 40.6. The summed E-state index contributed by atoms with van der Waals surface area (Å²) in [6, 6.07) is 7.01. The van der Waals surface area contributed by atoms with Crippen LogP contribution in [0.1, 0.15) is 5.56 Å². The lowest BCUT2D eigenvalue weighted by molar-refractivity contribution is -0.137. The Labute approximate surface area is 146 Å². The van der Waals surface area contributed by atoms with Crippen LogP contribution in [0.3, 0.4) is 0 Å². The highest BCUT2D eigenvalue weighted by Gasteiger charge is 2.30. The molecule has 1 aliphatic heterocycles. The normalized spacial score (nSPS) is 14.3. The van der Waals surface area contributed by atoms with Crippen LogP contribution >= 0.6 is 0 Å². The number of aromatic nitrogens is 3. The van der Waals surface area contributed by atoms with Crippen molar-refractivity contribution in [3.63, 3.8) is 0 Å². The van der Waals surface area contributed by atoms with Gasteiger partial charge in [0.25, 0.3) is 0 Å². The second-order valence-corrected chi connectivity index (χ2v) is 5.88. The summed E-state index contributed by atoms with van der Waals surface area (Å²) in [5.41, 5.74) is 5.49. The molecule has 5 nitrogen and oxygen atoms in total. The summed E-state index contributed by atoms with van der Waals surface area (Å²) in [6.45, 7) is 1.13. The molecule has 26 heavy (non-hydrogen) atoms. The minimum absolute atomic E-state index is 0.445. The monoisotopic (exact) mass is 357 g/mol. The van der Waals surface area contributed by atoms with Crippen molar-refractivity contribution >= 4 is 16.7 Å². The van der Waals surface area contributed by atoms with Crippen LogP contribution in [0.25, 0.3) is 22.2 Å². The number of hydrogen-bond donors (Lipinski definition) is 1. The number of pyridine rings is 1. The molecule has 1 N–H and O–H groups in total. The van der Waals surface area contributed by atoms with Gasteiger partial charge in [0.15, 0.2) is 0 Å². The molecule has 0 unspecified atom stereocenters. The number of benzene rings is 1. The van der Waals surface area contributed by atoms with Crippen molar-refractivity contribution in [3.8, 4) is 11.1 Å². The van der Waals surface area contributed by atoms with Crippen LogP contribution < -0.4 is 5.43 Å². The van der Waals surface area contributed by atoms with E-state index in [0.29, 0.717) is 29.7 Å². The fourth-order valence-corrected chi connectivity index (χ4v) is 2.79. The quantitative estimate of drug-likeness (QED) is 0.779. The molecule has 0 fully saturated rings. The van der Waals surface area contributed by atoms with E-state index in [9.17, 15) is 13.2 Å². The van der Waals surface area contributed by atoms with Gasteiger partial charge in [0.1, 0.15) is 5.52 Å². The Bertz CT molecular complexity index is 1020. The maximum atomic E-state index is 13.0. The van der Waals surface area contributed by atoms with Crippen molar-refractivity contribution in [1.82, 2.24) is 20.2 Å². The van der Waals surface area contributed by atoms with E-state index >= 15 is 0 Å². The molecule has 1 aliphatic rings. The van der Waals surface area contributed by atoms with Crippen LogP contribution in [0.4, 0.5) is 13.2 Å². The molecule has 0 saturated heterocycles. The largest absolute Gasteiger partial charge is 0.416 e. The van der Waals surface area contributed by atoms with Gasteiger partial charge in [-0.1, -0.05) is 18.2 Å². The topological polar surface area (TPSA) is 55.1 Å². The molecule has 132 valence electrons. The van der Waals surface area contributed by atoms with E-state index in [1.165, 1.54) is 6.07 Å². The van der Waals surface area contributed by atoms with Gasteiger partial charge in [0.2, 0.25) is 0 Å². The third-order valence-electron chi connectivity index (χ3n) is 4.07. The van der Waals surface area contributed by atoms with Crippen molar-refractivity contribution < 1.29 is 13.2 Å². The predicted octanol–water partition coefficient (Wildman–Crippen LogP) is 3.63. The van der Waals surface area contributed by atoms with Crippen LogP contribution in [0, 0.1) is 0 Å². The van der Waals surface area contributed by atoms with Gasteiger partial charge >= 0.3 is 6.18 Å². The Morgan fingerprint density at radius 3 is 2.77 bits per heavy atom. The smallest absolute Gasteiger partial charge is 0.306 e. The number of allylic oxidation sites excluding steroid dienone is 1. The third-order valence-corrected chi connectivity index (χ3v) is 4.07. The number of fused-ring (bicyclic) bond motifs is 1. The Morgan fingerprint density at radius 2 is 2.00 bits per heavy atom. The molecule has 0 atom stereocenters. The lowest BCUT2D eigenvalue weighted by atomic mass is 10.0. The molecular formula is C18H14F3N5. The molecule has 0 aliphatic carbocycles. The fourth-order valence-electron chi connectivity index (χ4n) is 2.79. The Hall–Kier alpha value is -3.16. The van der Waals surface area contributed by atoms with Gasteiger partial charge in [-0.2, -0.15) is 23.4 Å². The molecule has 0 amide bonds. The summed E-state index contributed by atoms with van der Waals surface area (Å²) in [6.07, 6.45) is 2.68. The zero-order valence-electron chi connectivity index (χ0n) is 13.5. The molecule has 4 rings (SSSR count). The minimum Gasteiger partial charge on any atom is -0.306 e. The van der Waals surface area contributed by atoms with Crippen molar-refractivity contribution in [2.24, 2.45) is 5.10 Å². The molecule has 0 spiro atoms. The molecule has 1 aromatic carbocycles. The van der Waals surface area contributed by atoms with Crippen LogP contribution in [0.2, 0.25) is 0 Å². The summed E-state index contributed by atoms with van der Waals surface area (Å²) in [5.74, 6) is 0. The van der Waals surface area contributed by atoms with Crippen molar-refractivity contribution in [2.75, 3.05) is 6.54 Å². The lowest BCUT2D eigenvalue weighted by Gasteiger charge is -2.10. The number of hydrogen-bond acceptors (Lipinski definition) is 4. The Morgan fingerprint density at radius 1 is 1.12 bits per heavy atom. The highest BCUT2D eigenvalue weighted by molar-refractivity contribution is 5.96. The van der Waals surface area contributed by atoms with Gasteiger partial charge in [0.05, 0.1) is 36.1 Å². The summed E-state index contributed by atoms with van der Waals surface area (Å²) >= 11 is 0. The fraction of sp³-hybridized carbons (Fsp3) is 0.167. The van der Waals surface area contributed by atoms with Gasteiger partial charge in [-0.05, 0) is 29.8 Å². The van der Waals surface area contributed by atoms with Gasteiger partial charge in [-0.15, -0.1) is 0 Å². The van der Waals surface area contributed by atoms with Gasteiger partial charge in [-0.3, -0.25) is 9.67 Å². The van der Waals surface area contributed by atoms with E-state index in [4.69, 9.17) is 0 Å². The highest BCUT2D eigenvalue weighted by Crippen LogP contribution is 2.32. The van der Waals surface area contributed by atoms with E-state index in [1.807, 2.05) is 12.2 Å². The van der Waals surface area contributed by atoms with E-state index < -0.39 is 11.7 Å². The first-order chi connectivity index (χ1) is 12.5. The van der Waals surface area contributed by atoms with E-state index in [1.54, 1.807) is 29.2 Å². The summed E-state index contributed by atoms with van der Waals surface area (Å²) in [4.78, 5) is 4.33. The molecule has 0 bridgehead atoms. The highest BCUT2D eigenvalue weighted by atomic mass is 19.4. The summed E-state index contributed by atoms with van der Waals surface area (Å²) in [5, 5.41) is 8.52. The maximum absolute atomic E-state index is 13.0. The molecular weight excluding hydrogens is 343 g/mol. The van der Waals surface area contributed by atoms with Crippen LogP contribution in [0.15, 0.2) is 60.0 Å². The average molecular weight is 357 g/mol. The van der Waals surface area contributed by atoms with Crippen LogP contribution in [-0.4, -0.2) is 27.0 Å². The lowest BCUT2D eigenvalue weighted by Crippen LogP contribution is -2.18. The average Bonchev–Trinajstić information content (AvgIpc) is 3.04. The van der Waals surface area contributed by atoms with Crippen molar-refractivity contribution in [3.05, 3.63) is 60.4 Å². The maximum Gasteiger partial charge on any atom is 0.416 e. The third kappa shape index (κ3) is 3.17. The molecule has 0 radical (unpaired) electrons. The first-order valence-electron chi connectivity index (χ1n) is 7.96. The molecule has 3 aromatic rings. The second-order valence-electron chi connectivity index (χ2n) is 5.88. The Kier molecular flexibility index (Phi) is 3.95. The molecule has 0 saturated carbocycles. The van der Waals surface area contributed by atoms with Gasteiger partial charge in [-0.25, -0.2) is 0 Å². The number of nitrogens with zero attached hydrogens (tertiary/aromatic N) is 4. The SMILES string of the molecule is FC(F)(F)c1cccc(-c2cnc3cnn(CC4=NNCC=C4)c3c2)c1. The van der Waals surface area contributed by atoms with E-state index in [0.717, 1.165) is 23.4 Å². The second kappa shape index (κ2) is 6.29. The van der Waals surface area contributed by atoms with Crippen LogP contribution in [-0.2, 0) is 12.7 Å². The molecule has 2 aromatic heterocycles. The van der Waals surface area contributed by atoms with E-state index in [2.05, 4.69) is 20.6 Å². The van der Waals surface area contributed by atoms with E-state index in [-0.39, 0.29) is 0 Å². The predicted molar refractivity (Wildman–Crippen MR) is 92.5 cm³/mol. The van der Waals surface area contributed by atoms with Crippen molar-refractivity contribution in [1.29, 1.82) is 0 Å². The Balaban J connectivity index is 1.72. The molecule has 3 heterocycles. The number of nitrogens with one attached hydrogen (secondary N) is 1. The standard InChI is InChI=1S/C18H14F3N5/c19-18(20,21)14-4-1-3-12(7-14)13-8-17-16(22-9-13)10-24-26(17)11-15-5-2-6-23-25-15/h1-5,7-10,23H,6,11H2. The zero-order chi connectivity index (χ0) is 18.1. The number of halogens is 3. The first kappa shape index (κ1) is 16.3. The number of alkyl halides is 3. The number of hydrazone groups is 1. The van der Waals surface area contributed by atoms with Crippen LogP contribution in [0.5, 0.6) is 0 Å². The van der Waals surface area contributed by atoms with Gasteiger partial charge < -0.3 is 5.43 Å². The minimum atomic E-state index is -4.38. The zero-order valence-corrected chi connectivity index (χ0v) is 13.5. The van der Waals surface area contributed by atoms with Crippen molar-refractivity contribution in [2.45, 2.75) is 12.7 Å². The number of rotatable bonds is 3.